The van der Waals surface area contributed by atoms with E-state index in [0.29, 0.717) is 33.0 Å². The van der Waals surface area contributed by atoms with Gasteiger partial charge in [-0.1, -0.05) is 37.0 Å². The minimum atomic E-state index is -1.10. The number of nitrogens with one attached hydrogen (secondary N) is 3. The van der Waals surface area contributed by atoms with Crippen LogP contribution in [0.15, 0.2) is 77.4 Å². The molecule has 0 saturated heterocycles. The van der Waals surface area contributed by atoms with E-state index in [-0.39, 0.29) is 41.8 Å². The molecule has 312 valence electrons. The Balaban J connectivity index is 0.000000169. The number of nitrogens with two attached hydrogens (primary N) is 1. The van der Waals surface area contributed by atoms with Gasteiger partial charge in [0.2, 0.25) is 0 Å². The molecular weight excluding hydrogens is 813 g/mol. The quantitative estimate of drug-likeness (QED) is 0.0929. The van der Waals surface area contributed by atoms with Crippen molar-refractivity contribution in [1.29, 1.82) is 0 Å². The van der Waals surface area contributed by atoms with Crippen LogP contribution in [0.2, 0.25) is 0 Å². The maximum atomic E-state index is 11.7. The molecule has 4 heterocycles. The van der Waals surface area contributed by atoms with Crippen molar-refractivity contribution in [1.82, 2.24) is 30.6 Å². The lowest BCUT2D eigenvalue weighted by Gasteiger charge is -2.27. The number of fused-ring (bicyclic) bond motifs is 2. The van der Waals surface area contributed by atoms with Gasteiger partial charge in [0.05, 0.1) is 49.5 Å². The minimum absolute atomic E-state index is 0.0590. The highest BCUT2D eigenvalue weighted by Gasteiger charge is 2.24. The number of benzene rings is 2. The molecule has 15 nitrogen and oxygen atoms in total. The molecule has 2 amide bonds. The standard InChI is InChI=1S/C20H22N4O3S.C15H13N3O3S2.C6H13NO/c1-21-19(26)16-10-13(8-9-22-16)27-12-6-7-15-18(11-12)28-20(24-15)23-14-4-2-3-5-17(14)25;1-16-14(19)12-7-10(5-6-17-12)21-9-3-4-11-13(8-9)22-15(18-11)23(2)20;7-5-3-1-2-4-6(5)8/h6-11,14,17,25H,2-5H2,1H3,(H,21,26)(H,23,24);3-8H,1-2H3,(H,16,19);5-6,8H,1-4,7H2/t14-,17-;;5-,6-/m0.0/s1. The van der Waals surface area contributed by atoms with E-state index in [1.54, 1.807) is 56.9 Å². The van der Waals surface area contributed by atoms with Crippen LogP contribution in [-0.2, 0) is 10.8 Å². The topological polar surface area (TPSA) is 224 Å². The second-order valence-corrected chi connectivity index (χ2v) is 17.6. The van der Waals surface area contributed by atoms with E-state index in [1.807, 2.05) is 30.3 Å². The van der Waals surface area contributed by atoms with Crippen molar-refractivity contribution in [3.8, 4) is 23.0 Å². The van der Waals surface area contributed by atoms with Crippen LogP contribution in [0.5, 0.6) is 23.0 Å². The number of hydrogen-bond acceptors (Lipinski definition) is 15. The van der Waals surface area contributed by atoms with Crippen molar-refractivity contribution < 1.29 is 33.5 Å². The van der Waals surface area contributed by atoms with Gasteiger partial charge in [-0.05, 0) is 62.1 Å². The first-order chi connectivity index (χ1) is 28.5. The summed E-state index contributed by atoms with van der Waals surface area (Å²) in [4.78, 5) is 40.3. The molecule has 0 spiro atoms. The van der Waals surface area contributed by atoms with Gasteiger partial charge in [0.1, 0.15) is 34.4 Å². The molecule has 59 heavy (non-hydrogen) atoms. The normalized spacial score (nSPS) is 19.3. The predicted molar refractivity (Wildman–Crippen MR) is 231 cm³/mol. The molecule has 2 aliphatic carbocycles. The van der Waals surface area contributed by atoms with Crippen LogP contribution in [-0.4, -0.2) is 90.8 Å². The van der Waals surface area contributed by atoms with Crippen LogP contribution in [0.25, 0.3) is 20.4 Å². The Morgan fingerprint density at radius 3 is 1.73 bits per heavy atom. The lowest BCUT2D eigenvalue weighted by atomic mass is 9.93. The molecule has 2 saturated carbocycles. The summed E-state index contributed by atoms with van der Waals surface area (Å²) in [5.74, 6) is 1.80. The zero-order valence-corrected chi connectivity index (χ0v) is 35.4. The number of rotatable bonds is 9. The molecule has 6 aromatic rings. The number of aliphatic hydroxyl groups excluding tert-OH is 2. The highest BCUT2D eigenvalue weighted by atomic mass is 32.2. The van der Waals surface area contributed by atoms with E-state index in [0.717, 1.165) is 70.5 Å². The van der Waals surface area contributed by atoms with Crippen LogP contribution in [0.3, 0.4) is 0 Å². The van der Waals surface area contributed by atoms with E-state index in [9.17, 15) is 18.9 Å². The Bertz CT molecular complexity index is 2380. The molecule has 4 aromatic heterocycles. The zero-order chi connectivity index (χ0) is 41.9. The van der Waals surface area contributed by atoms with Gasteiger partial charge in [0.25, 0.3) is 11.8 Å². The first kappa shape index (κ1) is 43.5. The number of thiazole rings is 2. The number of ether oxygens (including phenoxy) is 2. The van der Waals surface area contributed by atoms with Gasteiger partial charge in [-0.2, -0.15) is 0 Å². The van der Waals surface area contributed by atoms with Crippen LogP contribution in [0, 0.1) is 0 Å². The van der Waals surface area contributed by atoms with Crippen molar-refractivity contribution in [3.05, 3.63) is 84.4 Å². The van der Waals surface area contributed by atoms with Crippen molar-refractivity contribution in [2.24, 2.45) is 5.73 Å². The van der Waals surface area contributed by atoms with Crippen LogP contribution in [0.1, 0.15) is 72.3 Å². The molecule has 5 atom stereocenters. The van der Waals surface area contributed by atoms with Crippen molar-refractivity contribution >= 4 is 70.9 Å². The van der Waals surface area contributed by atoms with Gasteiger partial charge in [-0.3, -0.25) is 23.8 Å². The third-order valence-electron chi connectivity index (χ3n) is 9.62. The summed E-state index contributed by atoms with van der Waals surface area (Å²) in [7, 11) is 2.01. The predicted octanol–water partition coefficient (Wildman–Crippen LogP) is 6.39. The molecule has 2 fully saturated rings. The fourth-order valence-electron chi connectivity index (χ4n) is 6.40. The number of hydrogen-bond donors (Lipinski definition) is 6. The number of nitrogens with zero attached hydrogens (tertiary/aromatic N) is 4. The first-order valence-corrected chi connectivity index (χ1v) is 22.4. The lowest BCUT2D eigenvalue weighted by molar-refractivity contribution is 0.0950. The maximum absolute atomic E-state index is 11.7. The molecule has 1 unspecified atom stereocenters. The number of pyridine rings is 2. The highest BCUT2D eigenvalue weighted by molar-refractivity contribution is 7.86. The fourth-order valence-corrected chi connectivity index (χ4v) is 9.05. The molecule has 2 aromatic carbocycles. The molecule has 0 aliphatic heterocycles. The smallest absolute Gasteiger partial charge is 0.269 e. The van der Waals surface area contributed by atoms with Gasteiger partial charge in [0, 0.05) is 63.1 Å². The van der Waals surface area contributed by atoms with Gasteiger partial charge in [-0.25, -0.2) is 9.97 Å². The molecular formula is C41H48N8O7S3. The summed E-state index contributed by atoms with van der Waals surface area (Å²) >= 11 is 2.91. The second-order valence-electron chi connectivity index (χ2n) is 13.9. The lowest BCUT2D eigenvalue weighted by Crippen LogP contribution is -2.37. The Morgan fingerprint density at radius 2 is 1.22 bits per heavy atom. The average molecular weight is 861 g/mol. The fraction of sp³-hybridized carbons (Fsp3) is 0.366. The maximum Gasteiger partial charge on any atom is 0.269 e. The van der Waals surface area contributed by atoms with E-state index in [4.69, 9.17) is 20.3 Å². The highest BCUT2D eigenvalue weighted by Crippen LogP contribution is 2.34. The van der Waals surface area contributed by atoms with Gasteiger partial charge >= 0.3 is 0 Å². The zero-order valence-electron chi connectivity index (χ0n) is 32.9. The average Bonchev–Trinajstić information content (AvgIpc) is 3.86. The van der Waals surface area contributed by atoms with Crippen LogP contribution >= 0.6 is 22.7 Å². The number of amides is 2. The van der Waals surface area contributed by atoms with Crippen LogP contribution in [0.4, 0.5) is 5.13 Å². The van der Waals surface area contributed by atoms with Crippen molar-refractivity contribution in [3.63, 3.8) is 0 Å². The summed E-state index contributed by atoms with van der Waals surface area (Å²) in [6.45, 7) is 0. The van der Waals surface area contributed by atoms with Gasteiger partial charge < -0.3 is 41.4 Å². The third kappa shape index (κ3) is 12.0. The Labute approximate surface area is 352 Å². The number of aromatic nitrogens is 4. The Morgan fingerprint density at radius 1 is 0.712 bits per heavy atom. The number of aliphatic hydroxyl groups is 2. The van der Waals surface area contributed by atoms with Crippen molar-refractivity contribution in [2.45, 2.75) is 80.0 Å². The van der Waals surface area contributed by atoms with Crippen LogP contribution < -0.4 is 31.2 Å². The van der Waals surface area contributed by atoms with E-state index in [1.165, 1.54) is 35.3 Å². The monoisotopic (exact) mass is 860 g/mol. The minimum Gasteiger partial charge on any atom is -0.457 e. The number of anilines is 1. The number of carbonyl (C=O) groups excluding carboxylic acids is 2. The molecule has 0 radical (unpaired) electrons. The number of carbonyl (C=O) groups is 2. The summed E-state index contributed by atoms with van der Waals surface area (Å²) in [6.07, 6.45) is 12.4. The summed E-state index contributed by atoms with van der Waals surface area (Å²) in [5, 5.41) is 28.5. The van der Waals surface area contributed by atoms with Crippen molar-refractivity contribution in [2.75, 3.05) is 25.7 Å². The first-order valence-electron chi connectivity index (χ1n) is 19.2. The van der Waals surface area contributed by atoms with Gasteiger partial charge in [-0.15, -0.1) is 11.3 Å². The van der Waals surface area contributed by atoms with E-state index in [2.05, 4.69) is 35.9 Å². The Kier molecular flexibility index (Phi) is 15.3. The summed E-state index contributed by atoms with van der Waals surface area (Å²) in [5.41, 5.74) is 7.78. The molecule has 2 aliphatic rings. The largest absolute Gasteiger partial charge is 0.457 e. The molecule has 7 N–H and O–H groups in total. The summed E-state index contributed by atoms with van der Waals surface area (Å²) in [6, 6.07) is 17.8. The second kappa shape index (κ2) is 20.7. The van der Waals surface area contributed by atoms with E-state index < -0.39 is 10.8 Å². The molecule has 18 heteroatoms. The molecule has 8 rings (SSSR count). The summed E-state index contributed by atoms with van der Waals surface area (Å²) < 4.78 is 25.6. The molecule has 0 bridgehead atoms. The van der Waals surface area contributed by atoms with E-state index >= 15 is 0 Å². The van der Waals surface area contributed by atoms with Gasteiger partial charge in [0.15, 0.2) is 9.47 Å². The Hall–Kier alpha value is -5.11. The third-order valence-corrected chi connectivity index (χ3v) is 12.9. The SMILES string of the molecule is CNC(=O)c1cc(Oc2ccc3nc(N[C@H]4CCCC[C@@H]4O)sc3c2)ccn1.CNC(=O)c1cc(Oc2ccc3nc(S(C)=O)sc3c2)ccn1.N[C@H]1CCCC[C@@H]1O.